The number of phenolic OH excluding ortho intramolecular Hbond substituents is 1. The molecule has 0 bridgehead atoms. The quantitative estimate of drug-likeness (QED) is 0.456. The van der Waals surface area contributed by atoms with Gasteiger partial charge in [-0.05, 0) is 0 Å². The highest BCUT2D eigenvalue weighted by Crippen LogP contribution is 2.37. The molecule has 8 heteroatoms. The first-order valence-corrected chi connectivity index (χ1v) is 4.81. The van der Waals surface area contributed by atoms with Gasteiger partial charge in [0.05, 0.1) is 25.2 Å². The number of nitro groups is 1. The van der Waals surface area contributed by atoms with Crippen LogP contribution in [0.1, 0.15) is 11.6 Å². The van der Waals surface area contributed by atoms with Crippen LogP contribution in [0.15, 0.2) is 12.1 Å². The van der Waals surface area contributed by atoms with Gasteiger partial charge in [-0.3, -0.25) is 14.9 Å². The molecule has 8 nitrogen and oxygen atoms in total. The summed E-state index contributed by atoms with van der Waals surface area (Å²) in [5, 5.41) is 20.5. The van der Waals surface area contributed by atoms with E-state index in [0.29, 0.717) is 0 Å². The van der Waals surface area contributed by atoms with Crippen LogP contribution in [0.4, 0.5) is 5.69 Å². The number of non-ortho nitro benzene ring substituents is 1. The predicted octanol–water partition coefficient (Wildman–Crippen LogP) is 0.482. The van der Waals surface area contributed by atoms with Crippen molar-refractivity contribution in [2.45, 2.75) is 6.04 Å². The Kier molecular flexibility index (Phi) is 4.05. The van der Waals surface area contributed by atoms with Crippen molar-refractivity contribution in [2.75, 3.05) is 14.2 Å². The van der Waals surface area contributed by atoms with Gasteiger partial charge < -0.3 is 20.3 Å². The third-order valence-electron chi connectivity index (χ3n) is 2.31. The molecule has 0 aromatic heterocycles. The number of ether oxygens (including phenoxy) is 2. The molecular weight excluding hydrogens is 244 g/mol. The Hall–Kier alpha value is -2.35. The van der Waals surface area contributed by atoms with Crippen LogP contribution in [0.5, 0.6) is 11.5 Å². The summed E-state index contributed by atoms with van der Waals surface area (Å²) in [4.78, 5) is 21.3. The maximum atomic E-state index is 11.3. The van der Waals surface area contributed by atoms with Crippen molar-refractivity contribution < 1.29 is 24.3 Å². The SMILES string of the molecule is COC(=O)[C@H](N)c1cc([N+](=O)[O-])cc(OC)c1O. The standard InChI is InChI=1S/C10H12N2O6/c1-17-7-4-5(12(15)16)3-6(9(7)13)8(11)10(14)18-2/h3-4,8,13H,11H2,1-2H3/t8-/m1/s1. The minimum absolute atomic E-state index is 0.132. The van der Waals surface area contributed by atoms with Gasteiger partial charge in [-0.25, -0.2) is 0 Å². The topological polar surface area (TPSA) is 125 Å². The molecule has 1 atom stereocenters. The predicted molar refractivity (Wildman–Crippen MR) is 60.3 cm³/mol. The lowest BCUT2D eigenvalue weighted by molar-refractivity contribution is -0.385. The number of nitrogens with two attached hydrogens (primary N) is 1. The maximum Gasteiger partial charge on any atom is 0.327 e. The monoisotopic (exact) mass is 256 g/mol. The van der Waals surface area contributed by atoms with Crippen LogP contribution >= 0.6 is 0 Å². The molecule has 0 aliphatic heterocycles. The first-order valence-electron chi connectivity index (χ1n) is 4.81. The molecule has 0 aliphatic carbocycles. The minimum Gasteiger partial charge on any atom is -0.504 e. The zero-order valence-electron chi connectivity index (χ0n) is 9.75. The zero-order valence-corrected chi connectivity index (χ0v) is 9.75. The van der Waals surface area contributed by atoms with E-state index in [9.17, 15) is 20.0 Å². The fourth-order valence-electron chi connectivity index (χ4n) is 1.37. The molecule has 0 heterocycles. The molecule has 0 saturated carbocycles. The van der Waals surface area contributed by atoms with Crippen LogP contribution < -0.4 is 10.5 Å². The first-order chi connectivity index (χ1) is 8.42. The summed E-state index contributed by atoms with van der Waals surface area (Å²) in [6, 6.07) is 0.700. The Labute approximate surface area is 102 Å². The van der Waals surface area contributed by atoms with E-state index in [1.54, 1.807) is 0 Å². The molecule has 0 aliphatic rings. The molecule has 3 N–H and O–H groups in total. The molecule has 0 fully saturated rings. The normalized spacial score (nSPS) is 11.7. The molecule has 1 aromatic carbocycles. The minimum atomic E-state index is -1.33. The van der Waals surface area contributed by atoms with Gasteiger partial charge in [-0.2, -0.15) is 0 Å². The van der Waals surface area contributed by atoms with Crippen molar-refractivity contribution in [3.8, 4) is 11.5 Å². The van der Waals surface area contributed by atoms with Crippen molar-refractivity contribution in [3.63, 3.8) is 0 Å². The van der Waals surface area contributed by atoms with Crippen molar-refractivity contribution in [1.82, 2.24) is 0 Å². The molecule has 0 spiro atoms. The molecule has 0 unspecified atom stereocenters. The summed E-state index contributed by atoms with van der Waals surface area (Å²) in [5.41, 5.74) is 5.05. The highest BCUT2D eigenvalue weighted by Gasteiger charge is 2.25. The van der Waals surface area contributed by atoms with Gasteiger partial charge in [-0.15, -0.1) is 0 Å². The number of carbonyl (C=O) groups excluding carboxylic acids is 1. The van der Waals surface area contributed by atoms with E-state index >= 15 is 0 Å². The zero-order chi connectivity index (χ0) is 13.9. The number of methoxy groups -OCH3 is 2. The third-order valence-corrected chi connectivity index (χ3v) is 2.31. The van der Waals surface area contributed by atoms with Crippen LogP contribution in [0.3, 0.4) is 0 Å². The van der Waals surface area contributed by atoms with E-state index in [0.717, 1.165) is 19.2 Å². The van der Waals surface area contributed by atoms with E-state index in [4.69, 9.17) is 10.5 Å². The summed E-state index contributed by atoms with van der Waals surface area (Å²) in [6.07, 6.45) is 0. The number of rotatable bonds is 4. The molecular formula is C10H12N2O6. The van der Waals surface area contributed by atoms with Gasteiger partial charge in [-0.1, -0.05) is 0 Å². The van der Waals surface area contributed by atoms with Crippen LogP contribution in [0.2, 0.25) is 0 Å². The average Bonchev–Trinajstić information content (AvgIpc) is 2.36. The van der Waals surface area contributed by atoms with Crippen LogP contribution in [-0.2, 0) is 9.53 Å². The van der Waals surface area contributed by atoms with E-state index in [1.165, 1.54) is 7.11 Å². The molecule has 98 valence electrons. The lowest BCUT2D eigenvalue weighted by Crippen LogP contribution is -2.22. The molecule has 0 saturated heterocycles. The van der Waals surface area contributed by atoms with Crippen LogP contribution in [0, 0.1) is 10.1 Å². The van der Waals surface area contributed by atoms with Gasteiger partial charge in [0.1, 0.15) is 6.04 Å². The lowest BCUT2D eigenvalue weighted by Gasteiger charge is -2.13. The molecule has 0 amide bonds. The molecule has 1 aromatic rings. The highest BCUT2D eigenvalue weighted by atomic mass is 16.6. The second kappa shape index (κ2) is 5.32. The van der Waals surface area contributed by atoms with Crippen molar-refractivity contribution in [2.24, 2.45) is 5.73 Å². The Morgan fingerprint density at radius 1 is 1.50 bits per heavy atom. The number of hydrogen-bond donors (Lipinski definition) is 2. The van der Waals surface area contributed by atoms with Gasteiger partial charge in [0, 0.05) is 11.6 Å². The van der Waals surface area contributed by atoms with Gasteiger partial charge >= 0.3 is 5.97 Å². The summed E-state index contributed by atoms with van der Waals surface area (Å²) < 4.78 is 9.19. The second-order valence-electron chi connectivity index (χ2n) is 3.34. The second-order valence-corrected chi connectivity index (χ2v) is 3.34. The summed E-state index contributed by atoms with van der Waals surface area (Å²) >= 11 is 0. The fourth-order valence-corrected chi connectivity index (χ4v) is 1.37. The van der Waals surface area contributed by atoms with Gasteiger partial charge in [0.15, 0.2) is 11.5 Å². The number of esters is 1. The number of hydrogen-bond acceptors (Lipinski definition) is 7. The van der Waals surface area contributed by atoms with Crippen LogP contribution in [-0.4, -0.2) is 30.2 Å². The number of phenols is 1. The van der Waals surface area contributed by atoms with E-state index in [-0.39, 0.29) is 17.0 Å². The number of nitrogens with zero attached hydrogens (tertiary/aromatic N) is 1. The number of carbonyl (C=O) groups is 1. The Morgan fingerprint density at radius 3 is 2.56 bits per heavy atom. The number of aromatic hydroxyl groups is 1. The Balaban J connectivity index is 3.37. The summed E-state index contributed by atoms with van der Waals surface area (Å²) in [7, 11) is 2.35. The highest BCUT2D eigenvalue weighted by molar-refractivity contribution is 5.79. The maximum absolute atomic E-state index is 11.3. The van der Waals surface area contributed by atoms with Crippen molar-refractivity contribution in [1.29, 1.82) is 0 Å². The molecule has 18 heavy (non-hydrogen) atoms. The molecule has 1 rings (SSSR count). The van der Waals surface area contributed by atoms with Crippen molar-refractivity contribution in [3.05, 3.63) is 27.8 Å². The van der Waals surface area contributed by atoms with E-state index < -0.39 is 22.7 Å². The number of benzene rings is 1. The summed E-state index contributed by atoms with van der Waals surface area (Å²) in [6.45, 7) is 0. The smallest absolute Gasteiger partial charge is 0.327 e. The first kappa shape index (κ1) is 13.7. The van der Waals surface area contributed by atoms with Gasteiger partial charge in [0.25, 0.3) is 5.69 Å². The Morgan fingerprint density at radius 2 is 2.11 bits per heavy atom. The summed E-state index contributed by atoms with van der Waals surface area (Å²) in [5.74, 6) is -1.40. The lowest BCUT2D eigenvalue weighted by atomic mass is 10.0. The fraction of sp³-hybridized carbons (Fsp3) is 0.300. The third kappa shape index (κ3) is 2.48. The largest absolute Gasteiger partial charge is 0.504 e. The van der Waals surface area contributed by atoms with Crippen LogP contribution in [0.25, 0.3) is 0 Å². The average molecular weight is 256 g/mol. The van der Waals surface area contributed by atoms with E-state index in [2.05, 4.69) is 4.74 Å². The van der Waals surface area contributed by atoms with E-state index in [1.807, 2.05) is 0 Å². The molecule has 0 radical (unpaired) electrons. The Bertz CT molecular complexity index is 488. The van der Waals surface area contributed by atoms with Gasteiger partial charge in [0.2, 0.25) is 0 Å². The van der Waals surface area contributed by atoms with Crippen molar-refractivity contribution >= 4 is 11.7 Å². The number of nitro benzene ring substituents is 1.